The van der Waals surface area contributed by atoms with Gasteiger partial charge < -0.3 is 4.74 Å². The number of esters is 1. The van der Waals surface area contributed by atoms with Crippen molar-refractivity contribution in [2.75, 3.05) is 19.7 Å². The van der Waals surface area contributed by atoms with Crippen LogP contribution in [0.15, 0.2) is 18.2 Å². The van der Waals surface area contributed by atoms with E-state index in [1.165, 1.54) is 6.07 Å². The Morgan fingerprint density at radius 3 is 3.05 bits per heavy atom. The van der Waals surface area contributed by atoms with Crippen LogP contribution >= 0.6 is 0 Å². The van der Waals surface area contributed by atoms with Gasteiger partial charge in [-0.15, -0.1) is 0 Å². The molecule has 0 radical (unpaired) electrons. The van der Waals surface area contributed by atoms with Gasteiger partial charge in [0, 0.05) is 18.7 Å². The second-order valence-corrected chi connectivity index (χ2v) is 5.24. The highest BCUT2D eigenvalue weighted by Crippen LogP contribution is 2.21. The molecule has 0 aromatic heterocycles. The van der Waals surface area contributed by atoms with Gasteiger partial charge in [0.1, 0.15) is 5.82 Å². The van der Waals surface area contributed by atoms with Crippen molar-refractivity contribution in [3.05, 3.63) is 35.1 Å². The number of hydrogen-bond donors (Lipinski definition) is 0. The minimum Gasteiger partial charge on any atom is -0.466 e. The van der Waals surface area contributed by atoms with Crippen molar-refractivity contribution in [2.45, 2.75) is 26.3 Å². The Labute approximate surface area is 124 Å². The van der Waals surface area contributed by atoms with E-state index in [-0.39, 0.29) is 17.7 Å². The zero-order chi connectivity index (χ0) is 15.2. The standard InChI is InChI=1S/C16H19FN2O2/c1-2-21-16(20)14-4-3-7-19(11-14)10-13-6-5-12(9-18)8-15(13)17/h5-6,8,14H,2-4,7,10-11H2,1H3/t14-/m1/s1. The lowest BCUT2D eigenvalue weighted by Crippen LogP contribution is -2.39. The van der Waals surface area contributed by atoms with Gasteiger partial charge in [-0.05, 0) is 38.4 Å². The number of hydrogen-bond acceptors (Lipinski definition) is 4. The van der Waals surface area contributed by atoms with Crippen LogP contribution in [-0.4, -0.2) is 30.6 Å². The van der Waals surface area contributed by atoms with Crippen LogP contribution in [0.2, 0.25) is 0 Å². The Bertz CT molecular complexity index is 554. The van der Waals surface area contributed by atoms with Gasteiger partial charge in [0.15, 0.2) is 0 Å². The van der Waals surface area contributed by atoms with E-state index in [0.29, 0.717) is 30.8 Å². The third-order valence-electron chi connectivity index (χ3n) is 3.70. The molecular weight excluding hydrogens is 271 g/mol. The monoisotopic (exact) mass is 290 g/mol. The second kappa shape index (κ2) is 7.19. The van der Waals surface area contributed by atoms with Crippen molar-refractivity contribution >= 4 is 5.97 Å². The molecule has 21 heavy (non-hydrogen) atoms. The highest BCUT2D eigenvalue weighted by molar-refractivity contribution is 5.72. The predicted octanol–water partition coefficient (Wildman–Crippen LogP) is 2.47. The quantitative estimate of drug-likeness (QED) is 0.799. The van der Waals surface area contributed by atoms with Crippen molar-refractivity contribution in [1.29, 1.82) is 5.26 Å². The summed E-state index contributed by atoms with van der Waals surface area (Å²) in [5.41, 5.74) is 0.873. The fourth-order valence-electron chi connectivity index (χ4n) is 2.64. The Kier molecular flexibility index (Phi) is 5.29. The van der Waals surface area contributed by atoms with Crippen LogP contribution in [0.25, 0.3) is 0 Å². The smallest absolute Gasteiger partial charge is 0.310 e. The fourth-order valence-corrected chi connectivity index (χ4v) is 2.64. The van der Waals surface area contributed by atoms with Gasteiger partial charge in [-0.2, -0.15) is 5.26 Å². The van der Waals surface area contributed by atoms with E-state index >= 15 is 0 Å². The molecule has 0 unspecified atom stereocenters. The van der Waals surface area contributed by atoms with Crippen LogP contribution in [0, 0.1) is 23.1 Å². The van der Waals surface area contributed by atoms with E-state index in [0.717, 1.165) is 19.4 Å². The average Bonchev–Trinajstić information content (AvgIpc) is 2.50. The largest absolute Gasteiger partial charge is 0.466 e. The van der Waals surface area contributed by atoms with Gasteiger partial charge in [0.05, 0.1) is 24.2 Å². The fraction of sp³-hybridized carbons (Fsp3) is 0.500. The first kappa shape index (κ1) is 15.5. The summed E-state index contributed by atoms with van der Waals surface area (Å²) in [4.78, 5) is 13.9. The zero-order valence-electron chi connectivity index (χ0n) is 12.1. The number of ether oxygens (including phenoxy) is 1. The van der Waals surface area contributed by atoms with E-state index in [2.05, 4.69) is 4.90 Å². The molecule has 0 N–H and O–H groups in total. The number of carbonyl (C=O) groups excluding carboxylic acids is 1. The molecule has 1 atom stereocenters. The third kappa shape index (κ3) is 4.02. The summed E-state index contributed by atoms with van der Waals surface area (Å²) < 4.78 is 19.0. The average molecular weight is 290 g/mol. The maximum Gasteiger partial charge on any atom is 0.310 e. The molecule has 0 amide bonds. The Morgan fingerprint density at radius 2 is 2.38 bits per heavy atom. The predicted molar refractivity (Wildman–Crippen MR) is 75.7 cm³/mol. The Hall–Kier alpha value is -1.93. The topological polar surface area (TPSA) is 53.3 Å². The number of likely N-dealkylation sites (tertiary alicyclic amines) is 1. The number of nitriles is 1. The van der Waals surface area contributed by atoms with Crippen molar-refractivity contribution in [2.24, 2.45) is 5.92 Å². The summed E-state index contributed by atoms with van der Waals surface area (Å²) in [6.07, 6.45) is 1.73. The number of rotatable bonds is 4. The van der Waals surface area contributed by atoms with E-state index in [1.807, 2.05) is 6.07 Å². The van der Waals surface area contributed by atoms with Crippen LogP contribution in [0.4, 0.5) is 4.39 Å². The van der Waals surface area contributed by atoms with E-state index < -0.39 is 0 Å². The molecule has 1 fully saturated rings. The van der Waals surface area contributed by atoms with E-state index in [9.17, 15) is 9.18 Å². The van der Waals surface area contributed by atoms with Crippen LogP contribution in [-0.2, 0) is 16.1 Å². The maximum atomic E-state index is 13.9. The lowest BCUT2D eigenvalue weighted by atomic mass is 9.97. The number of halogens is 1. The molecular formula is C16H19FN2O2. The van der Waals surface area contributed by atoms with Crippen molar-refractivity contribution in [1.82, 2.24) is 4.90 Å². The second-order valence-electron chi connectivity index (χ2n) is 5.24. The molecule has 112 valence electrons. The normalized spacial score (nSPS) is 19.0. The molecule has 0 saturated carbocycles. The molecule has 0 aliphatic carbocycles. The summed E-state index contributed by atoms with van der Waals surface area (Å²) >= 11 is 0. The van der Waals surface area contributed by atoms with Crippen LogP contribution in [0.3, 0.4) is 0 Å². The molecule has 1 aromatic rings. The Balaban J connectivity index is 1.99. The number of piperidine rings is 1. The lowest BCUT2D eigenvalue weighted by molar-refractivity contribution is -0.150. The number of carbonyl (C=O) groups is 1. The first-order valence-electron chi connectivity index (χ1n) is 7.21. The highest BCUT2D eigenvalue weighted by Gasteiger charge is 2.27. The molecule has 1 aliphatic heterocycles. The molecule has 2 rings (SSSR count). The first-order valence-corrected chi connectivity index (χ1v) is 7.21. The third-order valence-corrected chi connectivity index (χ3v) is 3.70. The number of benzene rings is 1. The lowest BCUT2D eigenvalue weighted by Gasteiger charge is -2.31. The molecule has 0 spiro atoms. The Morgan fingerprint density at radius 1 is 1.57 bits per heavy atom. The molecule has 5 heteroatoms. The zero-order valence-corrected chi connectivity index (χ0v) is 12.1. The molecule has 1 heterocycles. The molecule has 1 saturated heterocycles. The van der Waals surface area contributed by atoms with Gasteiger partial charge in [-0.3, -0.25) is 9.69 Å². The van der Waals surface area contributed by atoms with Gasteiger partial charge in [-0.25, -0.2) is 4.39 Å². The molecule has 0 bridgehead atoms. The van der Waals surface area contributed by atoms with Gasteiger partial charge in [0.25, 0.3) is 0 Å². The van der Waals surface area contributed by atoms with Crippen LogP contribution < -0.4 is 0 Å². The number of nitrogens with zero attached hydrogens (tertiary/aromatic N) is 2. The summed E-state index contributed by atoms with van der Waals surface area (Å²) in [6, 6.07) is 6.43. The molecule has 4 nitrogen and oxygen atoms in total. The maximum absolute atomic E-state index is 13.9. The summed E-state index contributed by atoms with van der Waals surface area (Å²) in [5, 5.41) is 8.74. The first-order chi connectivity index (χ1) is 10.1. The van der Waals surface area contributed by atoms with E-state index in [4.69, 9.17) is 10.00 Å². The van der Waals surface area contributed by atoms with Gasteiger partial charge in [0.2, 0.25) is 0 Å². The highest BCUT2D eigenvalue weighted by atomic mass is 19.1. The van der Waals surface area contributed by atoms with Gasteiger partial charge >= 0.3 is 5.97 Å². The summed E-state index contributed by atoms with van der Waals surface area (Å²) in [7, 11) is 0. The molecule has 1 aliphatic rings. The van der Waals surface area contributed by atoms with Crippen molar-refractivity contribution in [3.8, 4) is 6.07 Å². The SMILES string of the molecule is CCOC(=O)[C@@H]1CCCN(Cc2ccc(C#N)cc2F)C1. The van der Waals surface area contributed by atoms with E-state index in [1.54, 1.807) is 19.1 Å². The van der Waals surface area contributed by atoms with Crippen LogP contribution in [0.5, 0.6) is 0 Å². The minimum absolute atomic E-state index is 0.125. The van der Waals surface area contributed by atoms with Crippen molar-refractivity contribution < 1.29 is 13.9 Å². The summed E-state index contributed by atoms with van der Waals surface area (Å²) in [5.74, 6) is -0.657. The minimum atomic E-state index is -0.368. The van der Waals surface area contributed by atoms with Crippen molar-refractivity contribution in [3.63, 3.8) is 0 Å². The van der Waals surface area contributed by atoms with Gasteiger partial charge in [-0.1, -0.05) is 6.07 Å². The summed E-state index contributed by atoms with van der Waals surface area (Å²) in [6.45, 7) is 4.07. The molecule has 1 aromatic carbocycles. The van der Waals surface area contributed by atoms with Crippen LogP contribution in [0.1, 0.15) is 30.9 Å².